The van der Waals surface area contributed by atoms with E-state index in [1.165, 1.54) is 32.4 Å². The van der Waals surface area contributed by atoms with Gasteiger partial charge in [0.1, 0.15) is 0 Å². The van der Waals surface area contributed by atoms with Crippen LogP contribution in [-0.4, -0.2) is 50.1 Å². The Morgan fingerprint density at radius 1 is 1.10 bits per heavy atom. The van der Waals surface area contributed by atoms with Crippen molar-refractivity contribution in [3.05, 3.63) is 0 Å². The Morgan fingerprint density at radius 2 is 1.75 bits per heavy atom. The third-order valence-corrected chi connectivity index (χ3v) is 4.11. The van der Waals surface area contributed by atoms with Crippen LogP contribution in [0, 0.1) is 5.92 Å². The van der Waals surface area contributed by atoms with Crippen LogP contribution in [0.15, 0.2) is 0 Å². The molecule has 20 heavy (non-hydrogen) atoms. The summed E-state index contributed by atoms with van der Waals surface area (Å²) in [5.41, 5.74) is 0. The number of hydrogen-bond acceptors (Lipinski definition) is 3. The van der Waals surface area contributed by atoms with Gasteiger partial charge in [0, 0.05) is 12.5 Å². The first-order valence-corrected chi connectivity index (χ1v) is 7.57. The average Bonchev–Trinajstić information content (AvgIpc) is 2.45. The molecule has 0 bridgehead atoms. The molecule has 0 spiro atoms. The van der Waals surface area contributed by atoms with E-state index >= 15 is 0 Å². The van der Waals surface area contributed by atoms with Gasteiger partial charge in [-0.1, -0.05) is 6.42 Å². The summed E-state index contributed by atoms with van der Waals surface area (Å²) < 4.78 is 0. The lowest BCUT2D eigenvalue weighted by atomic mass is 9.97. The molecule has 2 fully saturated rings. The summed E-state index contributed by atoms with van der Waals surface area (Å²) in [6.45, 7) is 6.48. The van der Waals surface area contributed by atoms with Crippen molar-refractivity contribution in [1.29, 1.82) is 0 Å². The van der Waals surface area contributed by atoms with Gasteiger partial charge < -0.3 is 15.5 Å². The minimum absolute atomic E-state index is 0. The maximum atomic E-state index is 11.9. The number of halogens is 2. The second kappa shape index (κ2) is 11.6. The molecule has 0 aliphatic carbocycles. The summed E-state index contributed by atoms with van der Waals surface area (Å²) in [7, 11) is 0. The second-order valence-electron chi connectivity index (χ2n) is 5.57. The molecule has 2 heterocycles. The first-order valence-electron chi connectivity index (χ1n) is 7.57. The molecule has 120 valence electrons. The van der Waals surface area contributed by atoms with Gasteiger partial charge in [-0.25, -0.2) is 0 Å². The lowest BCUT2D eigenvalue weighted by molar-refractivity contribution is -0.125. The largest absolute Gasteiger partial charge is 0.356 e. The van der Waals surface area contributed by atoms with Crippen molar-refractivity contribution < 1.29 is 4.79 Å². The number of nitrogens with one attached hydrogen (secondary N) is 2. The molecule has 0 aromatic carbocycles. The van der Waals surface area contributed by atoms with Crippen molar-refractivity contribution >= 4 is 30.7 Å². The normalized spacial score (nSPS) is 20.6. The van der Waals surface area contributed by atoms with E-state index in [0.29, 0.717) is 0 Å². The summed E-state index contributed by atoms with van der Waals surface area (Å²) >= 11 is 0. The van der Waals surface area contributed by atoms with E-state index in [9.17, 15) is 4.79 Å². The van der Waals surface area contributed by atoms with Gasteiger partial charge in [-0.3, -0.25) is 4.79 Å². The Bertz CT molecular complexity index is 255. The van der Waals surface area contributed by atoms with E-state index in [-0.39, 0.29) is 36.6 Å². The van der Waals surface area contributed by atoms with Crippen LogP contribution in [0.3, 0.4) is 0 Å². The molecule has 0 aromatic heterocycles. The SMILES string of the molecule is Cl.Cl.O=C(NCCCN1CCCCC1)C1CCNCC1. The van der Waals surface area contributed by atoms with E-state index in [4.69, 9.17) is 0 Å². The smallest absolute Gasteiger partial charge is 0.223 e. The number of amides is 1. The maximum absolute atomic E-state index is 11.9. The van der Waals surface area contributed by atoms with Crippen molar-refractivity contribution in [2.24, 2.45) is 5.92 Å². The number of carbonyl (C=O) groups is 1. The third-order valence-electron chi connectivity index (χ3n) is 4.11. The van der Waals surface area contributed by atoms with Crippen LogP contribution < -0.4 is 10.6 Å². The highest BCUT2D eigenvalue weighted by Crippen LogP contribution is 2.11. The van der Waals surface area contributed by atoms with Crippen LogP contribution in [0.2, 0.25) is 0 Å². The third kappa shape index (κ3) is 7.11. The summed E-state index contributed by atoms with van der Waals surface area (Å²) in [5.74, 6) is 0.524. The van der Waals surface area contributed by atoms with Gasteiger partial charge in [0.05, 0.1) is 0 Å². The lowest BCUT2D eigenvalue weighted by Crippen LogP contribution is -2.39. The fourth-order valence-electron chi connectivity index (χ4n) is 2.93. The molecule has 0 unspecified atom stereocenters. The minimum atomic E-state index is 0. The van der Waals surface area contributed by atoms with Crippen molar-refractivity contribution in [2.45, 2.75) is 38.5 Å². The molecule has 4 nitrogen and oxygen atoms in total. The van der Waals surface area contributed by atoms with E-state index in [1.54, 1.807) is 0 Å². The van der Waals surface area contributed by atoms with E-state index < -0.39 is 0 Å². The number of hydrogen-bond donors (Lipinski definition) is 2. The molecule has 1 amide bonds. The maximum Gasteiger partial charge on any atom is 0.223 e. The van der Waals surface area contributed by atoms with Crippen molar-refractivity contribution in [3.63, 3.8) is 0 Å². The molecule has 2 saturated heterocycles. The molecule has 6 heteroatoms. The molecular weight excluding hydrogens is 297 g/mol. The molecule has 0 atom stereocenters. The van der Waals surface area contributed by atoms with Crippen LogP contribution >= 0.6 is 24.8 Å². The summed E-state index contributed by atoms with van der Waals surface area (Å²) in [4.78, 5) is 14.4. The zero-order chi connectivity index (χ0) is 12.6. The fraction of sp³-hybridized carbons (Fsp3) is 0.929. The van der Waals surface area contributed by atoms with E-state index in [2.05, 4.69) is 15.5 Å². The summed E-state index contributed by atoms with van der Waals surface area (Å²) in [6, 6.07) is 0. The fourth-order valence-corrected chi connectivity index (χ4v) is 2.93. The van der Waals surface area contributed by atoms with Gasteiger partial charge >= 0.3 is 0 Å². The zero-order valence-electron chi connectivity index (χ0n) is 12.2. The molecule has 0 aromatic rings. The molecule has 2 rings (SSSR count). The Hall–Kier alpha value is -0.0300. The average molecular weight is 326 g/mol. The van der Waals surface area contributed by atoms with Crippen LogP contribution in [0.25, 0.3) is 0 Å². The van der Waals surface area contributed by atoms with Crippen molar-refractivity contribution in [1.82, 2.24) is 15.5 Å². The minimum Gasteiger partial charge on any atom is -0.356 e. The topological polar surface area (TPSA) is 44.4 Å². The number of likely N-dealkylation sites (tertiary alicyclic amines) is 1. The first-order chi connectivity index (χ1) is 8.86. The second-order valence-corrected chi connectivity index (χ2v) is 5.57. The summed E-state index contributed by atoms with van der Waals surface area (Å²) in [5, 5.41) is 6.39. The zero-order valence-corrected chi connectivity index (χ0v) is 13.9. The Kier molecular flexibility index (Phi) is 11.6. The highest BCUT2D eigenvalue weighted by Gasteiger charge is 2.20. The van der Waals surface area contributed by atoms with Crippen molar-refractivity contribution in [3.8, 4) is 0 Å². The van der Waals surface area contributed by atoms with Gasteiger partial charge in [-0.05, 0) is 64.8 Å². The highest BCUT2D eigenvalue weighted by atomic mass is 35.5. The Balaban J connectivity index is 0.00000180. The standard InChI is InChI=1S/C14H27N3O.2ClH/c18-14(13-5-8-15-9-6-13)16-7-4-12-17-10-2-1-3-11-17;;/h13,15H,1-12H2,(H,16,18);2*1H. The van der Waals surface area contributed by atoms with E-state index in [0.717, 1.165) is 45.4 Å². The van der Waals surface area contributed by atoms with E-state index in [1.807, 2.05) is 0 Å². The van der Waals surface area contributed by atoms with Gasteiger partial charge in [-0.2, -0.15) is 0 Å². The van der Waals surface area contributed by atoms with Crippen molar-refractivity contribution in [2.75, 3.05) is 39.3 Å². The molecule has 2 aliphatic rings. The molecule has 2 aliphatic heterocycles. The van der Waals surface area contributed by atoms with Gasteiger partial charge in [0.2, 0.25) is 5.91 Å². The quantitative estimate of drug-likeness (QED) is 0.758. The van der Waals surface area contributed by atoms with Crippen LogP contribution in [-0.2, 0) is 4.79 Å². The predicted molar refractivity (Wildman–Crippen MR) is 88.0 cm³/mol. The monoisotopic (exact) mass is 325 g/mol. The van der Waals surface area contributed by atoms with Gasteiger partial charge in [0.15, 0.2) is 0 Å². The molecule has 0 radical (unpaired) electrons. The van der Waals surface area contributed by atoms with Crippen LogP contribution in [0.1, 0.15) is 38.5 Å². The summed E-state index contributed by atoms with van der Waals surface area (Å²) in [6.07, 6.45) is 7.18. The Labute approximate surface area is 135 Å². The van der Waals surface area contributed by atoms with Gasteiger partial charge in [0.25, 0.3) is 0 Å². The number of nitrogens with zero attached hydrogens (tertiary/aromatic N) is 1. The highest BCUT2D eigenvalue weighted by molar-refractivity contribution is 5.85. The van der Waals surface area contributed by atoms with Crippen LogP contribution in [0.5, 0.6) is 0 Å². The number of piperidine rings is 2. The lowest BCUT2D eigenvalue weighted by Gasteiger charge is -2.26. The first kappa shape index (κ1) is 20.0. The van der Waals surface area contributed by atoms with Gasteiger partial charge in [-0.15, -0.1) is 24.8 Å². The molecule has 2 N–H and O–H groups in total. The predicted octanol–water partition coefficient (Wildman–Crippen LogP) is 1.82. The number of rotatable bonds is 5. The molecule has 0 saturated carbocycles. The molecular formula is C14H29Cl2N3O. The van der Waals surface area contributed by atoms with Crippen LogP contribution in [0.4, 0.5) is 0 Å². The Morgan fingerprint density at radius 3 is 2.40 bits per heavy atom. The number of carbonyl (C=O) groups excluding carboxylic acids is 1.